The van der Waals surface area contributed by atoms with Crippen LogP contribution in [0.25, 0.3) is 27.9 Å². The van der Waals surface area contributed by atoms with Crippen molar-refractivity contribution in [3.8, 4) is 5.95 Å². The second-order valence-corrected chi connectivity index (χ2v) is 6.56. The summed E-state index contributed by atoms with van der Waals surface area (Å²) in [6.45, 7) is 2.33. The molecular formula is C21H15F2N5. The molecule has 7 heteroatoms. The molecule has 0 aliphatic carbocycles. The normalized spacial score (nSPS) is 11.5. The van der Waals surface area contributed by atoms with Crippen LogP contribution in [0.15, 0.2) is 61.1 Å². The molecule has 0 aliphatic heterocycles. The Morgan fingerprint density at radius 2 is 1.82 bits per heavy atom. The molecule has 3 aromatic heterocycles. The molecule has 0 aliphatic rings. The molecule has 0 unspecified atom stereocenters. The van der Waals surface area contributed by atoms with Crippen LogP contribution in [0.3, 0.4) is 0 Å². The van der Waals surface area contributed by atoms with Gasteiger partial charge in [-0.15, -0.1) is 0 Å². The zero-order valence-electron chi connectivity index (χ0n) is 15.0. The van der Waals surface area contributed by atoms with E-state index >= 15 is 0 Å². The molecule has 2 aromatic carbocycles. The summed E-state index contributed by atoms with van der Waals surface area (Å²) in [5, 5.41) is 0.576. The SMILES string of the molecule is Cc1nccn1-c1nc2ccccc2n1Cc1ccnc2c(F)c(F)ccc12. The van der Waals surface area contributed by atoms with E-state index in [-0.39, 0.29) is 5.52 Å². The van der Waals surface area contributed by atoms with Crippen LogP contribution in [0.1, 0.15) is 11.4 Å². The Kier molecular flexibility index (Phi) is 3.68. The standard InChI is InChI=1S/C21H15F2N5/c1-13-24-10-11-27(13)21-26-17-4-2-3-5-18(17)28(21)12-14-8-9-25-20-15(14)6-7-16(22)19(20)23/h2-11H,12H2,1H3. The van der Waals surface area contributed by atoms with Crippen LogP contribution in [-0.4, -0.2) is 24.1 Å². The van der Waals surface area contributed by atoms with Gasteiger partial charge in [-0.3, -0.25) is 9.55 Å². The third-order valence-corrected chi connectivity index (χ3v) is 4.90. The predicted molar refractivity (Wildman–Crippen MR) is 102 cm³/mol. The molecule has 0 N–H and O–H groups in total. The maximum absolute atomic E-state index is 14.2. The van der Waals surface area contributed by atoms with Gasteiger partial charge in [0.1, 0.15) is 11.3 Å². The predicted octanol–water partition coefficient (Wildman–Crippen LogP) is 4.41. The van der Waals surface area contributed by atoms with Gasteiger partial charge in [0.15, 0.2) is 11.6 Å². The lowest BCUT2D eigenvalue weighted by atomic mass is 10.1. The number of pyridine rings is 1. The molecule has 0 radical (unpaired) electrons. The number of halogens is 2. The molecule has 3 heterocycles. The highest BCUT2D eigenvalue weighted by molar-refractivity contribution is 5.83. The minimum absolute atomic E-state index is 0.0299. The van der Waals surface area contributed by atoms with E-state index < -0.39 is 11.6 Å². The zero-order valence-corrected chi connectivity index (χ0v) is 15.0. The van der Waals surface area contributed by atoms with Crippen LogP contribution < -0.4 is 0 Å². The van der Waals surface area contributed by atoms with Gasteiger partial charge in [-0.05, 0) is 42.8 Å². The fourth-order valence-electron chi connectivity index (χ4n) is 3.52. The van der Waals surface area contributed by atoms with Gasteiger partial charge >= 0.3 is 0 Å². The number of benzene rings is 2. The number of imidazole rings is 2. The number of para-hydroxylation sites is 2. The molecule has 138 valence electrons. The Balaban J connectivity index is 1.74. The van der Waals surface area contributed by atoms with E-state index in [1.54, 1.807) is 12.3 Å². The number of fused-ring (bicyclic) bond motifs is 2. The van der Waals surface area contributed by atoms with Gasteiger partial charge in [0.25, 0.3) is 0 Å². The van der Waals surface area contributed by atoms with Gasteiger partial charge in [-0.2, -0.15) is 0 Å². The van der Waals surface area contributed by atoms with Crippen LogP contribution in [0.2, 0.25) is 0 Å². The fraction of sp³-hybridized carbons (Fsp3) is 0.0952. The maximum Gasteiger partial charge on any atom is 0.216 e. The van der Waals surface area contributed by atoms with Crippen molar-refractivity contribution in [3.63, 3.8) is 0 Å². The Labute approximate surface area is 158 Å². The molecule has 0 amide bonds. The molecule has 5 nitrogen and oxygen atoms in total. The van der Waals surface area contributed by atoms with E-state index in [4.69, 9.17) is 4.98 Å². The molecule has 0 fully saturated rings. The number of hydrogen-bond donors (Lipinski definition) is 0. The molecule has 0 saturated heterocycles. The number of rotatable bonds is 3. The molecule has 0 saturated carbocycles. The summed E-state index contributed by atoms with van der Waals surface area (Å²) in [5.74, 6) is -0.312. The number of aryl methyl sites for hydroxylation is 1. The van der Waals surface area contributed by atoms with Crippen molar-refractivity contribution in [2.75, 3.05) is 0 Å². The van der Waals surface area contributed by atoms with Crippen LogP contribution in [-0.2, 0) is 6.54 Å². The Morgan fingerprint density at radius 3 is 2.64 bits per heavy atom. The summed E-state index contributed by atoms with van der Waals surface area (Å²) in [6.07, 6.45) is 5.08. The quantitative estimate of drug-likeness (QED) is 0.469. The molecule has 5 aromatic rings. The largest absolute Gasteiger partial charge is 0.305 e. The molecule has 0 atom stereocenters. The second-order valence-electron chi connectivity index (χ2n) is 6.56. The number of aromatic nitrogens is 5. The fourth-order valence-corrected chi connectivity index (χ4v) is 3.52. The van der Waals surface area contributed by atoms with Crippen molar-refractivity contribution >= 4 is 21.9 Å². The first-order valence-corrected chi connectivity index (χ1v) is 8.80. The van der Waals surface area contributed by atoms with Gasteiger partial charge in [-0.25, -0.2) is 18.7 Å². The molecule has 0 bridgehead atoms. The summed E-state index contributed by atoms with van der Waals surface area (Å²) in [6, 6.07) is 12.3. The van der Waals surface area contributed by atoms with Crippen molar-refractivity contribution in [1.29, 1.82) is 0 Å². The van der Waals surface area contributed by atoms with E-state index in [0.29, 0.717) is 17.9 Å². The second kappa shape index (κ2) is 6.23. The highest BCUT2D eigenvalue weighted by Gasteiger charge is 2.16. The van der Waals surface area contributed by atoms with Gasteiger partial charge < -0.3 is 4.57 Å². The highest BCUT2D eigenvalue weighted by Crippen LogP contribution is 2.26. The van der Waals surface area contributed by atoms with Crippen molar-refractivity contribution < 1.29 is 8.78 Å². The Bertz CT molecular complexity index is 1340. The van der Waals surface area contributed by atoms with Gasteiger partial charge in [-0.1, -0.05) is 12.1 Å². The minimum atomic E-state index is -0.930. The summed E-state index contributed by atoms with van der Waals surface area (Å²) >= 11 is 0. The van der Waals surface area contributed by atoms with E-state index in [2.05, 4.69) is 9.97 Å². The average molecular weight is 375 g/mol. The summed E-state index contributed by atoms with van der Waals surface area (Å²) < 4.78 is 31.8. The number of hydrogen-bond acceptors (Lipinski definition) is 3. The lowest BCUT2D eigenvalue weighted by Gasteiger charge is -2.13. The van der Waals surface area contributed by atoms with Crippen LogP contribution >= 0.6 is 0 Å². The lowest BCUT2D eigenvalue weighted by Crippen LogP contribution is -2.09. The van der Waals surface area contributed by atoms with Gasteiger partial charge in [0, 0.05) is 24.0 Å². The van der Waals surface area contributed by atoms with Crippen LogP contribution in [0.4, 0.5) is 8.78 Å². The first-order valence-electron chi connectivity index (χ1n) is 8.80. The third kappa shape index (κ3) is 2.47. The van der Waals surface area contributed by atoms with Crippen LogP contribution in [0, 0.1) is 18.6 Å². The zero-order chi connectivity index (χ0) is 19.3. The van der Waals surface area contributed by atoms with Crippen molar-refractivity contribution in [3.05, 3.63) is 84.1 Å². The van der Waals surface area contributed by atoms with E-state index in [1.807, 2.05) is 52.6 Å². The van der Waals surface area contributed by atoms with Crippen molar-refractivity contribution in [2.45, 2.75) is 13.5 Å². The average Bonchev–Trinajstić information content (AvgIpc) is 3.28. The van der Waals surface area contributed by atoms with Gasteiger partial charge in [0.2, 0.25) is 5.95 Å². The van der Waals surface area contributed by atoms with E-state index in [9.17, 15) is 8.78 Å². The Morgan fingerprint density at radius 1 is 0.964 bits per heavy atom. The molecule has 5 rings (SSSR count). The topological polar surface area (TPSA) is 48.5 Å². The van der Waals surface area contributed by atoms with E-state index in [0.717, 1.165) is 28.5 Å². The minimum Gasteiger partial charge on any atom is -0.305 e. The third-order valence-electron chi connectivity index (χ3n) is 4.90. The Hall–Kier alpha value is -3.61. The highest BCUT2D eigenvalue weighted by atomic mass is 19.2. The van der Waals surface area contributed by atoms with Crippen molar-refractivity contribution in [1.82, 2.24) is 24.1 Å². The monoisotopic (exact) mass is 375 g/mol. The van der Waals surface area contributed by atoms with Crippen LogP contribution in [0.5, 0.6) is 0 Å². The molecular weight excluding hydrogens is 360 g/mol. The summed E-state index contributed by atoms with van der Waals surface area (Å²) in [7, 11) is 0. The maximum atomic E-state index is 14.2. The molecule has 0 spiro atoms. The smallest absolute Gasteiger partial charge is 0.216 e. The first kappa shape index (κ1) is 16.6. The van der Waals surface area contributed by atoms with Gasteiger partial charge in [0.05, 0.1) is 17.6 Å². The first-order chi connectivity index (χ1) is 13.6. The van der Waals surface area contributed by atoms with E-state index in [1.165, 1.54) is 6.20 Å². The molecule has 28 heavy (non-hydrogen) atoms. The number of nitrogens with zero attached hydrogens (tertiary/aromatic N) is 5. The lowest BCUT2D eigenvalue weighted by molar-refractivity contribution is 0.515. The van der Waals surface area contributed by atoms with Crippen molar-refractivity contribution in [2.24, 2.45) is 0 Å². The summed E-state index contributed by atoms with van der Waals surface area (Å²) in [5.41, 5.74) is 2.65. The summed E-state index contributed by atoms with van der Waals surface area (Å²) in [4.78, 5) is 13.1.